The molecule has 2 aromatic rings. The van der Waals surface area contributed by atoms with Gasteiger partial charge < -0.3 is 16.0 Å². The third-order valence-corrected chi connectivity index (χ3v) is 3.27. The Labute approximate surface area is 106 Å². The summed E-state index contributed by atoms with van der Waals surface area (Å²) >= 11 is 0. The largest absolute Gasteiger partial charge is 0.370 e. The Hall–Kier alpha value is -1.97. The SMILES string of the molecule is NC(=NCCc1c[nH]c2ccccc12)NC1CC1. The number of guanidine groups is 1. The molecule has 4 nitrogen and oxygen atoms in total. The first-order chi connectivity index (χ1) is 8.83. The summed E-state index contributed by atoms with van der Waals surface area (Å²) in [4.78, 5) is 7.63. The lowest BCUT2D eigenvalue weighted by Gasteiger charge is -2.02. The predicted molar refractivity (Wildman–Crippen MR) is 74.6 cm³/mol. The van der Waals surface area contributed by atoms with Crippen LogP contribution in [-0.2, 0) is 6.42 Å². The molecule has 4 heteroatoms. The quantitative estimate of drug-likeness (QED) is 0.565. The summed E-state index contributed by atoms with van der Waals surface area (Å²) in [6.07, 6.45) is 5.42. The van der Waals surface area contributed by atoms with Crippen LogP contribution in [0.15, 0.2) is 35.5 Å². The van der Waals surface area contributed by atoms with Crippen LogP contribution in [0.1, 0.15) is 18.4 Å². The van der Waals surface area contributed by atoms with E-state index in [-0.39, 0.29) is 0 Å². The van der Waals surface area contributed by atoms with E-state index in [0.717, 1.165) is 13.0 Å². The van der Waals surface area contributed by atoms with Gasteiger partial charge in [-0.1, -0.05) is 18.2 Å². The number of hydrogen-bond donors (Lipinski definition) is 3. The molecular weight excluding hydrogens is 224 g/mol. The summed E-state index contributed by atoms with van der Waals surface area (Å²) in [6, 6.07) is 8.90. The number of aromatic amines is 1. The highest BCUT2D eigenvalue weighted by Gasteiger charge is 2.21. The van der Waals surface area contributed by atoms with Gasteiger partial charge in [-0.15, -0.1) is 0 Å². The molecule has 4 N–H and O–H groups in total. The van der Waals surface area contributed by atoms with Crippen molar-refractivity contribution in [2.24, 2.45) is 10.7 Å². The van der Waals surface area contributed by atoms with Crippen LogP contribution in [0, 0.1) is 0 Å². The van der Waals surface area contributed by atoms with E-state index >= 15 is 0 Å². The second-order valence-corrected chi connectivity index (χ2v) is 4.80. The van der Waals surface area contributed by atoms with Gasteiger partial charge in [0, 0.05) is 29.7 Å². The predicted octanol–water partition coefficient (Wildman–Crippen LogP) is 1.78. The summed E-state index contributed by atoms with van der Waals surface area (Å²) < 4.78 is 0. The zero-order valence-electron chi connectivity index (χ0n) is 10.3. The number of nitrogens with two attached hydrogens (primary N) is 1. The molecule has 0 aliphatic heterocycles. The minimum atomic E-state index is 0.571. The fraction of sp³-hybridized carbons (Fsp3) is 0.357. The average molecular weight is 242 g/mol. The van der Waals surface area contributed by atoms with Gasteiger partial charge >= 0.3 is 0 Å². The molecule has 1 fully saturated rings. The lowest BCUT2D eigenvalue weighted by Crippen LogP contribution is -2.33. The normalized spacial score (nSPS) is 16.1. The molecule has 1 aliphatic carbocycles. The lowest BCUT2D eigenvalue weighted by molar-refractivity contribution is 0.871. The van der Waals surface area contributed by atoms with Crippen molar-refractivity contribution in [1.82, 2.24) is 10.3 Å². The summed E-state index contributed by atoms with van der Waals surface area (Å²) in [5.41, 5.74) is 8.28. The maximum absolute atomic E-state index is 5.80. The number of hydrogen-bond acceptors (Lipinski definition) is 1. The van der Waals surface area contributed by atoms with Crippen LogP contribution in [0.2, 0.25) is 0 Å². The van der Waals surface area contributed by atoms with Crippen molar-refractivity contribution in [1.29, 1.82) is 0 Å². The first kappa shape index (κ1) is 11.1. The van der Waals surface area contributed by atoms with Crippen molar-refractivity contribution >= 4 is 16.9 Å². The first-order valence-corrected chi connectivity index (χ1v) is 6.44. The summed E-state index contributed by atoms with van der Waals surface area (Å²) in [6.45, 7) is 0.730. The number of benzene rings is 1. The standard InChI is InChI=1S/C14H18N4/c15-14(18-11-5-6-11)16-8-7-10-9-17-13-4-2-1-3-12(10)13/h1-4,9,11,17H,5-8H2,(H3,15,16,18). The third-order valence-electron chi connectivity index (χ3n) is 3.27. The molecular formula is C14H18N4. The Morgan fingerprint density at radius 2 is 2.22 bits per heavy atom. The minimum absolute atomic E-state index is 0.571. The lowest BCUT2D eigenvalue weighted by atomic mass is 10.1. The molecule has 0 saturated heterocycles. The van der Waals surface area contributed by atoms with Crippen molar-refractivity contribution in [3.8, 4) is 0 Å². The van der Waals surface area contributed by atoms with Crippen molar-refractivity contribution in [3.63, 3.8) is 0 Å². The molecule has 0 bridgehead atoms. The monoisotopic (exact) mass is 242 g/mol. The highest BCUT2D eigenvalue weighted by Crippen LogP contribution is 2.19. The minimum Gasteiger partial charge on any atom is -0.370 e. The Kier molecular flexibility index (Phi) is 2.92. The third kappa shape index (κ3) is 2.47. The van der Waals surface area contributed by atoms with Crippen molar-refractivity contribution < 1.29 is 0 Å². The van der Waals surface area contributed by atoms with Gasteiger partial charge in [-0.25, -0.2) is 0 Å². The van der Waals surface area contributed by atoms with Gasteiger partial charge in [0.2, 0.25) is 0 Å². The molecule has 3 rings (SSSR count). The van der Waals surface area contributed by atoms with Gasteiger partial charge in [-0.2, -0.15) is 0 Å². The maximum Gasteiger partial charge on any atom is 0.188 e. The Morgan fingerprint density at radius 1 is 1.39 bits per heavy atom. The van der Waals surface area contributed by atoms with E-state index < -0.39 is 0 Å². The molecule has 0 unspecified atom stereocenters. The molecule has 18 heavy (non-hydrogen) atoms. The highest BCUT2D eigenvalue weighted by molar-refractivity contribution is 5.83. The zero-order chi connectivity index (χ0) is 12.4. The molecule has 0 atom stereocenters. The topological polar surface area (TPSA) is 66.2 Å². The summed E-state index contributed by atoms with van der Waals surface area (Å²) in [5, 5.41) is 4.47. The van der Waals surface area contributed by atoms with Crippen molar-refractivity contribution in [3.05, 3.63) is 36.0 Å². The number of para-hydroxylation sites is 1. The van der Waals surface area contributed by atoms with E-state index in [1.165, 1.54) is 29.3 Å². The Balaban J connectivity index is 1.62. The molecule has 1 heterocycles. The fourth-order valence-corrected chi connectivity index (χ4v) is 2.12. The maximum atomic E-state index is 5.80. The number of H-pyrrole nitrogens is 1. The van der Waals surface area contributed by atoms with Crippen molar-refractivity contribution in [2.45, 2.75) is 25.3 Å². The van der Waals surface area contributed by atoms with Gasteiger partial charge in [-0.3, -0.25) is 4.99 Å². The molecule has 0 amide bonds. The second kappa shape index (κ2) is 4.72. The van der Waals surface area contributed by atoms with E-state index in [9.17, 15) is 0 Å². The van der Waals surface area contributed by atoms with Crippen LogP contribution < -0.4 is 11.1 Å². The van der Waals surface area contributed by atoms with Gasteiger partial charge in [0.1, 0.15) is 0 Å². The fourth-order valence-electron chi connectivity index (χ4n) is 2.12. The smallest absolute Gasteiger partial charge is 0.188 e. The Bertz CT molecular complexity index is 566. The van der Waals surface area contributed by atoms with E-state index in [2.05, 4.69) is 39.7 Å². The van der Waals surface area contributed by atoms with Crippen LogP contribution in [0.25, 0.3) is 10.9 Å². The van der Waals surface area contributed by atoms with Crippen LogP contribution >= 0.6 is 0 Å². The van der Waals surface area contributed by atoms with E-state index in [1.54, 1.807) is 0 Å². The van der Waals surface area contributed by atoms with E-state index in [0.29, 0.717) is 12.0 Å². The first-order valence-electron chi connectivity index (χ1n) is 6.44. The molecule has 1 saturated carbocycles. The summed E-state index contributed by atoms with van der Waals surface area (Å²) in [7, 11) is 0. The van der Waals surface area contributed by atoms with Crippen molar-refractivity contribution in [2.75, 3.05) is 6.54 Å². The number of fused-ring (bicyclic) bond motifs is 1. The van der Waals surface area contributed by atoms with E-state index in [4.69, 9.17) is 5.73 Å². The second-order valence-electron chi connectivity index (χ2n) is 4.80. The number of aromatic nitrogens is 1. The van der Waals surface area contributed by atoms with Gasteiger partial charge in [0.05, 0.1) is 0 Å². The molecule has 94 valence electrons. The molecule has 0 radical (unpaired) electrons. The Morgan fingerprint density at radius 3 is 3.06 bits per heavy atom. The van der Waals surface area contributed by atoms with Gasteiger partial charge in [0.15, 0.2) is 5.96 Å². The van der Waals surface area contributed by atoms with Gasteiger partial charge in [0.25, 0.3) is 0 Å². The van der Waals surface area contributed by atoms with Crippen LogP contribution in [0.5, 0.6) is 0 Å². The van der Waals surface area contributed by atoms with Crippen LogP contribution in [-0.4, -0.2) is 23.5 Å². The molecule has 1 aromatic carbocycles. The average Bonchev–Trinajstić information content (AvgIpc) is 3.09. The molecule has 1 aliphatic rings. The summed E-state index contributed by atoms with van der Waals surface area (Å²) in [5.74, 6) is 0.581. The van der Waals surface area contributed by atoms with Crippen LogP contribution in [0.4, 0.5) is 0 Å². The highest BCUT2D eigenvalue weighted by atomic mass is 15.1. The zero-order valence-corrected chi connectivity index (χ0v) is 10.3. The number of aliphatic imine (C=N–C) groups is 1. The molecule has 1 aromatic heterocycles. The molecule has 0 spiro atoms. The van der Waals surface area contributed by atoms with Crippen LogP contribution in [0.3, 0.4) is 0 Å². The number of nitrogens with one attached hydrogen (secondary N) is 2. The van der Waals surface area contributed by atoms with E-state index in [1.807, 2.05) is 6.07 Å². The number of nitrogens with zero attached hydrogens (tertiary/aromatic N) is 1. The van der Waals surface area contributed by atoms with Gasteiger partial charge in [-0.05, 0) is 30.9 Å². The number of rotatable bonds is 4.